The van der Waals surface area contributed by atoms with E-state index in [0.29, 0.717) is 5.46 Å². The molecule has 2 N–H and O–H groups in total. The maximum absolute atomic E-state index is 9.97. The van der Waals surface area contributed by atoms with Gasteiger partial charge in [0.25, 0.3) is 0 Å². The fraction of sp³-hybridized carbons (Fsp3) is 0.100. The number of aliphatic hydroxyl groups excluding tert-OH is 1. The van der Waals surface area contributed by atoms with Gasteiger partial charge < -0.3 is 19.7 Å². The molecule has 4 nitrogen and oxygen atoms in total. The zero-order chi connectivity index (χ0) is 17.5. The second kappa shape index (κ2) is 8.49. The minimum absolute atomic E-state index is 0.100. The normalized spacial score (nSPS) is 10.5. The summed E-state index contributed by atoms with van der Waals surface area (Å²) >= 11 is 0. The van der Waals surface area contributed by atoms with Crippen LogP contribution in [0.5, 0.6) is 0 Å². The van der Waals surface area contributed by atoms with E-state index < -0.39 is 7.12 Å². The quantitative estimate of drug-likeness (QED) is 0.653. The summed E-state index contributed by atoms with van der Waals surface area (Å²) in [6, 6.07) is 27.8. The van der Waals surface area contributed by atoms with Crippen LogP contribution in [-0.4, -0.2) is 30.5 Å². The minimum atomic E-state index is -1.04. The molecule has 3 aromatic carbocycles. The molecule has 0 atom stereocenters. The van der Waals surface area contributed by atoms with Crippen LogP contribution in [0.3, 0.4) is 0 Å². The van der Waals surface area contributed by atoms with Crippen molar-refractivity contribution in [2.45, 2.75) is 0 Å². The van der Waals surface area contributed by atoms with Gasteiger partial charge >= 0.3 is 7.12 Å². The molecule has 126 valence electrons. The van der Waals surface area contributed by atoms with E-state index in [-0.39, 0.29) is 13.2 Å². The Morgan fingerprint density at radius 3 is 1.68 bits per heavy atom. The molecule has 0 fully saturated rings. The predicted molar refractivity (Wildman–Crippen MR) is 102 cm³/mol. The first-order valence-electron chi connectivity index (χ1n) is 8.20. The van der Waals surface area contributed by atoms with E-state index in [1.54, 1.807) is 0 Å². The number of aliphatic hydroxyl groups is 1. The van der Waals surface area contributed by atoms with Gasteiger partial charge in [-0.2, -0.15) is 0 Å². The lowest BCUT2D eigenvalue weighted by Crippen LogP contribution is -2.34. The maximum atomic E-state index is 9.97. The largest absolute Gasteiger partial charge is 0.491 e. The molecule has 25 heavy (non-hydrogen) atoms. The fourth-order valence-corrected chi connectivity index (χ4v) is 2.65. The molecule has 3 rings (SSSR count). The molecule has 0 saturated carbocycles. The van der Waals surface area contributed by atoms with Crippen molar-refractivity contribution in [2.24, 2.45) is 0 Å². The Morgan fingerprint density at radius 2 is 1.20 bits per heavy atom. The summed E-state index contributed by atoms with van der Waals surface area (Å²) in [6.45, 7) is -0.0198. The van der Waals surface area contributed by atoms with E-state index in [1.807, 2.05) is 60.7 Å². The number of hydrogen-bond acceptors (Lipinski definition) is 4. The predicted octanol–water partition coefficient (Wildman–Crippen LogP) is 2.85. The van der Waals surface area contributed by atoms with Gasteiger partial charge in [0, 0.05) is 17.1 Å². The lowest BCUT2D eigenvalue weighted by atomic mass is 9.79. The van der Waals surface area contributed by atoms with E-state index >= 15 is 0 Å². The second-order valence-electron chi connectivity index (χ2n) is 5.54. The average molecular weight is 333 g/mol. The lowest BCUT2D eigenvalue weighted by Gasteiger charge is -2.25. The topological polar surface area (TPSA) is 52.9 Å². The lowest BCUT2D eigenvalue weighted by molar-refractivity contribution is 0.183. The van der Waals surface area contributed by atoms with Crippen LogP contribution in [0, 0.1) is 0 Å². The van der Waals surface area contributed by atoms with Crippen molar-refractivity contribution in [1.82, 2.24) is 0 Å². The van der Waals surface area contributed by atoms with Crippen LogP contribution in [0.25, 0.3) is 0 Å². The summed E-state index contributed by atoms with van der Waals surface area (Å²) in [4.78, 5) is 2.14. The highest BCUT2D eigenvalue weighted by Crippen LogP contribution is 2.33. The Labute approximate surface area is 148 Å². The van der Waals surface area contributed by atoms with Crippen molar-refractivity contribution in [1.29, 1.82) is 0 Å². The molecule has 0 aliphatic carbocycles. The Morgan fingerprint density at radius 1 is 0.720 bits per heavy atom. The van der Waals surface area contributed by atoms with Gasteiger partial charge in [-0.25, -0.2) is 0 Å². The third kappa shape index (κ3) is 4.28. The van der Waals surface area contributed by atoms with Gasteiger partial charge in [0.15, 0.2) is 0 Å². The van der Waals surface area contributed by atoms with Crippen molar-refractivity contribution in [3.63, 3.8) is 0 Å². The SMILES string of the molecule is OCCOB(O)c1ccc(N(c2ccccc2)c2ccccc2)cc1. The van der Waals surface area contributed by atoms with E-state index in [4.69, 9.17) is 9.76 Å². The third-order valence-electron chi connectivity index (χ3n) is 3.83. The van der Waals surface area contributed by atoms with Crippen LogP contribution >= 0.6 is 0 Å². The van der Waals surface area contributed by atoms with Gasteiger partial charge in [0.1, 0.15) is 0 Å². The molecule has 0 unspecified atom stereocenters. The highest BCUT2D eigenvalue weighted by atomic mass is 16.5. The van der Waals surface area contributed by atoms with Gasteiger partial charge in [-0.3, -0.25) is 0 Å². The molecule has 0 aromatic heterocycles. The van der Waals surface area contributed by atoms with E-state index in [9.17, 15) is 5.02 Å². The molecule has 0 spiro atoms. The minimum Gasteiger partial charge on any atom is -0.423 e. The Balaban J connectivity index is 1.92. The Bertz CT molecular complexity index is 726. The van der Waals surface area contributed by atoms with Crippen LogP contribution in [-0.2, 0) is 4.65 Å². The van der Waals surface area contributed by atoms with Crippen LogP contribution in [0.2, 0.25) is 0 Å². The maximum Gasteiger partial charge on any atom is 0.491 e. The second-order valence-corrected chi connectivity index (χ2v) is 5.54. The van der Waals surface area contributed by atoms with Crippen LogP contribution in [0.4, 0.5) is 17.1 Å². The molecular formula is C20H20BNO3. The van der Waals surface area contributed by atoms with Gasteiger partial charge in [-0.15, -0.1) is 0 Å². The van der Waals surface area contributed by atoms with Crippen LogP contribution in [0.15, 0.2) is 84.9 Å². The van der Waals surface area contributed by atoms with Crippen molar-refractivity contribution in [3.05, 3.63) is 84.9 Å². The van der Waals surface area contributed by atoms with Crippen molar-refractivity contribution >= 4 is 29.6 Å². The first-order valence-corrected chi connectivity index (χ1v) is 8.20. The molecule has 0 bridgehead atoms. The monoisotopic (exact) mass is 333 g/mol. The number of benzene rings is 3. The van der Waals surface area contributed by atoms with Crippen molar-refractivity contribution < 1.29 is 14.8 Å². The zero-order valence-electron chi connectivity index (χ0n) is 13.8. The van der Waals surface area contributed by atoms with Gasteiger partial charge in [0.05, 0.1) is 13.2 Å². The molecule has 0 radical (unpaired) electrons. The van der Waals surface area contributed by atoms with Crippen LogP contribution < -0.4 is 10.4 Å². The van der Waals surface area contributed by atoms with E-state index in [1.165, 1.54) is 0 Å². The smallest absolute Gasteiger partial charge is 0.423 e. The standard InChI is InChI=1S/C20H20BNO3/c23-15-16-25-21(24)17-11-13-20(14-12-17)22(18-7-3-1-4-8-18)19-9-5-2-6-10-19/h1-14,23-24H,15-16H2. The summed E-state index contributed by atoms with van der Waals surface area (Å²) in [7, 11) is -1.04. The summed E-state index contributed by atoms with van der Waals surface area (Å²) < 4.78 is 5.14. The zero-order valence-corrected chi connectivity index (χ0v) is 13.8. The van der Waals surface area contributed by atoms with Gasteiger partial charge in [0.2, 0.25) is 0 Å². The molecule has 0 saturated heterocycles. The Kier molecular flexibility index (Phi) is 5.85. The average Bonchev–Trinajstić information content (AvgIpc) is 2.68. The summed E-state index contributed by atoms with van der Waals surface area (Å²) in [5.74, 6) is 0. The van der Waals surface area contributed by atoms with E-state index in [2.05, 4.69) is 29.2 Å². The first-order chi connectivity index (χ1) is 12.3. The van der Waals surface area contributed by atoms with Gasteiger partial charge in [-0.1, -0.05) is 48.5 Å². The number of hydrogen-bond donors (Lipinski definition) is 2. The summed E-state index contributed by atoms with van der Waals surface area (Å²) in [6.07, 6.45) is 0. The van der Waals surface area contributed by atoms with Gasteiger partial charge in [-0.05, 0) is 41.9 Å². The molecule has 0 aliphatic heterocycles. The molecule has 0 amide bonds. The third-order valence-corrected chi connectivity index (χ3v) is 3.83. The Hall–Kier alpha value is -2.60. The molecule has 5 heteroatoms. The van der Waals surface area contributed by atoms with Crippen LogP contribution in [0.1, 0.15) is 0 Å². The molecule has 0 aliphatic rings. The number of nitrogens with zero attached hydrogens (tertiary/aromatic N) is 1. The summed E-state index contributed by atoms with van der Waals surface area (Å²) in [5.41, 5.74) is 3.74. The van der Waals surface area contributed by atoms with Crippen molar-refractivity contribution in [2.75, 3.05) is 18.1 Å². The van der Waals surface area contributed by atoms with E-state index in [0.717, 1.165) is 17.1 Å². The molecule has 3 aromatic rings. The molecular weight excluding hydrogens is 313 g/mol. The first kappa shape index (κ1) is 17.2. The number of anilines is 3. The molecule has 0 heterocycles. The number of rotatable bonds is 7. The highest BCUT2D eigenvalue weighted by molar-refractivity contribution is 6.59. The highest BCUT2D eigenvalue weighted by Gasteiger charge is 2.17. The number of para-hydroxylation sites is 2. The summed E-state index contributed by atoms with van der Waals surface area (Å²) in [5, 5.41) is 18.8. The fourth-order valence-electron chi connectivity index (χ4n) is 2.65. The van der Waals surface area contributed by atoms with Crippen molar-refractivity contribution in [3.8, 4) is 0 Å².